The lowest BCUT2D eigenvalue weighted by molar-refractivity contribution is 0.0606. The molecule has 0 aliphatic carbocycles. The molecule has 0 saturated heterocycles. The number of hydrogen-bond donors (Lipinski definition) is 0. The Morgan fingerprint density at radius 1 is 1.22 bits per heavy atom. The fourth-order valence-electron chi connectivity index (χ4n) is 1.45. The molecule has 0 spiro atoms. The van der Waals surface area contributed by atoms with Gasteiger partial charge in [0.15, 0.2) is 0 Å². The lowest BCUT2D eigenvalue weighted by atomic mass is 10.2. The average Bonchev–Trinajstić information content (AvgIpc) is 2.86. The van der Waals surface area contributed by atoms with Crippen molar-refractivity contribution in [2.24, 2.45) is 0 Å². The van der Waals surface area contributed by atoms with E-state index in [0.717, 1.165) is 5.75 Å². The normalized spacial score (nSPS) is 10.3. The maximum atomic E-state index is 11.3. The molecule has 1 aromatic heterocycles. The van der Waals surface area contributed by atoms with Gasteiger partial charge >= 0.3 is 5.97 Å². The van der Waals surface area contributed by atoms with Gasteiger partial charge in [-0.3, -0.25) is 0 Å². The molecule has 94 valence electrons. The minimum Gasteiger partial charge on any atom is -0.465 e. The average molecular weight is 278 g/mol. The van der Waals surface area contributed by atoms with E-state index in [-0.39, 0.29) is 5.97 Å². The first-order valence-electron chi connectivity index (χ1n) is 5.55. The highest BCUT2D eigenvalue weighted by Crippen LogP contribution is 2.27. The highest BCUT2D eigenvalue weighted by molar-refractivity contribution is 7.98. The van der Waals surface area contributed by atoms with Gasteiger partial charge in [-0.1, -0.05) is 17.7 Å². The van der Waals surface area contributed by atoms with E-state index in [9.17, 15) is 4.79 Å². The minimum atomic E-state index is -0.258. The summed E-state index contributed by atoms with van der Waals surface area (Å²) in [6.45, 7) is 2.08. The molecule has 1 heterocycles. The summed E-state index contributed by atoms with van der Waals surface area (Å²) >= 11 is 3.27. The van der Waals surface area contributed by atoms with Crippen LogP contribution in [0.4, 0.5) is 0 Å². The van der Waals surface area contributed by atoms with Gasteiger partial charge in [-0.25, -0.2) is 4.79 Å². The number of thioether (sulfide) groups is 1. The molecule has 1 aromatic carbocycles. The first-order valence-corrected chi connectivity index (χ1v) is 7.36. The third-order valence-electron chi connectivity index (χ3n) is 2.45. The Bertz CT molecular complexity index is 529. The van der Waals surface area contributed by atoms with E-state index >= 15 is 0 Å². The molecule has 0 saturated carbocycles. The Kier molecular flexibility index (Phi) is 4.44. The molecule has 0 radical (unpaired) electrons. The number of carbonyl (C=O) groups is 1. The van der Waals surface area contributed by atoms with Crippen LogP contribution in [0.15, 0.2) is 41.3 Å². The fourth-order valence-corrected chi connectivity index (χ4v) is 3.32. The van der Waals surface area contributed by atoms with Crippen molar-refractivity contribution in [1.29, 1.82) is 0 Å². The molecular weight excluding hydrogens is 264 g/mol. The maximum Gasteiger partial charge on any atom is 0.348 e. The van der Waals surface area contributed by atoms with Crippen LogP contribution in [-0.4, -0.2) is 13.1 Å². The number of aryl methyl sites for hydroxylation is 1. The Morgan fingerprint density at radius 2 is 1.94 bits per heavy atom. The second-order valence-corrected chi connectivity index (χ2v) is 6.08. The molecule has 4 heteroatoms. The number of benzene rings is 1. The van der Waals surface area contributed by atoms with Crippen molar-refractivity contribution < 1.29 is 9.53 Å². The third-order valence-corrected chi connectivity index (χ3v) is 4.76. The van der Waals surface area contributed by atoms with Crippen LogP contribution in [0.1, 0.15) is 20.1 Å². The monoisotopic (exact) mass is 278 g/mol. The van der Waals surface area contributed by atoms with Crippen molar-refractivity contribution in [3.8, 4) is 0 Å². The van der Waals surface area contributed by atoms with E-state index in [2.05, 4.69) is 31.2 Å². The summed E-state index contributed by atoms with van der Waals surface area (Å²) in [5, 5.41) is 0. The molecule has 0 unspecified atom stereocenters. The molecule has 0 fully saturated rings. The quantitative estimate of drug-likeness (QED) is 0.621. The first kappa shape index (κ1) is 13.2. The van der Waals surface area contributed by atoms with Crippen LogP contribution in [0.25, 0.3) is 0 Å². The van der Waals surface area contributed by atoms with Gasteiger partial charge in [0.1, 0.15) is 4.88 Å². The molecule has 0 atom stereocenters. The van der Waals surface area contributed by atoms with Crippen LogP contribution in [0.5, 0.6) is 0 Å². The van der Waals surface area contributed by atoms with Crippen molar-refractivity contribution in [3.05, 3.63) is 51.7 Å². The van der Waals surface area contributed by atoms with Gasteiger partial charge in [-0.05, 0) is 31.2 Å². The zero-order valence-electron chi connectivity index (χ0n) is 10.3. The van der Waals surface area contributed by atoms with Crippen molar-refractivity contribution in [2.75, 3.05) is 7.11 Å². The Morgan fingerprint density at radius 3 is 2.61 bits per heavy atom. The fraction of sp³-hybridized carbons (Fsp3) is 0.214. The molecule has 0 N–H and O–H groups in total. The Balaban J connectivity index is 1.96. The zero-order chi connectivity index (χ0) is 13.0. The predicted octanol–water partition coefficient (Wildman–Crippen LogP) is 4.14. The number of rotatable bonds is 4. The summed E-state index contributed by atoms with van der Waals surface area (Å²) in [4.78, 5) is 14.4. The van der Waals surface area contributed by atoms with E-state index in [1.807, 2.05) is 12.1 Å². The number of ether oxygens (including phenoxy) is 1. The van der Waals surface area contributed by atoms with Crippen LogP contribution in [0, 0.1) is 6.92 Å². The summed E-state index contributed by atoms with van der Waals surface area (Å²) in [5.74, 6) is 0.622. The van der Waals surface area contributed by atoms with Gasteiger partial charge in [0, 0.05) is 15.5 Å². The number of methoxy groups -OCH3 is 1. The first-order chi connectivity index (χ1) is 8.69. The van der Waals surface area contributed by atoms with Gasteiger partial charge in [-0.2, -0.15) is 0 Å². The molecule has 0 aliphatic rings. The molecule has 18 heavy (non-hydrogen) atoms. The molecule has 0 amide bonds. The second kappa shape index (κ2) is 6.07. The maximum absolute atomic E-state index is 11.3. The molecule has 2 aromatic rings. The number of carbonyl (C=O) groups excluding carboxylic acids is 1. The van der Waals surface area contributed by atoms with Gasteiger partial charge in [0.25, 0.3) is 0 Å². The molecular formula is C14H14O2S2. The predicted molar refractivity (Wildman–Crippen MR) is 76.4 cm³/mol. The largest absolute Gasteiger partial charge is 0.465 e. The van der Waals surface area contributed by atoms with Crippen LogP contribution >= 0.6 is 23.1 Å². The SMILES string of the molecule is COC(=O)c1ccc(CSc2ccc(C)cc2)s1. The number of hydrogen-bond acceptors (Lipinski definition) is 4. The van der Waals surface area contributed by atoms with E-state index in [4.69, 9.17) is 4.74 Å². The minimum absolute atomic E-state index is 0.258. The standard InChI is InChI=1S/C14H14O2S2/c1-10-3-5-11(6-4-10)17-9-12-7-8-13(18-12)14(15)16-2/h3-8H,9H2,1-2H3. The van der Waals surface area contributed by atoms with Crippen molar-refractivity contribution in [1.82, 2.24) is 0 Å². The van der Waals surface area contributed by atoms with Crippen LogP contribution in [0.3, 0.4) is 0 Å². The zero-order valence-corrected chi connectivity index (χ0v) is 11.9. The topological polar surface area (TPSA) is 26.3 Å². The molecule has 0 aliphatic heterocycles. The van der Waals surface area contributed by atoms with Crippen molar-refractivity contribution in [2.45, 2.75) is 17.6 Å². The van der Waals surface area contributed by atoms with Crippen molar-refractivity contribution in [3.63, 3.8) is 0 Å². The summed E-state index contributed by atoms with van der Waals surface area (Å²) in [6, 6.07) is 12.3. The van der Waals surface area contributed by atoms with E-state index in [1.165, 1.54) is 33.8 Å². The Hall–Kier alpha value is -1.26. The highest BCUT2D eigenvalue weighted by atomic mass is 32.2. The summed E-state index contributed by atoms with van der Waals surface area (Å²) in [7, 11) is 1.41. The van der Waals surface area contributed by atoms with E-state index in [0.29, 0.717) is 4.88 Å². The molecule has 0 bridgehead atoms. The summed E-state index contributed by atoms with van der Waals surface area (Å²) in [6.07, 6.45) is 0. The third kappa shape index (κ3) is 3.37. The van der Waals surface area contributed by atoms with Gasteiger partial charge < -0.3 is 4.74 Å². The van der Waals surface area contributed by atoms with Gasteiger partial charge in [-0.15, -0.1) is 23.1 Å². The smallest absolute Gasteiger partial charge is 0.348 e. The number of thiophene rings is 1. The molecule has 2 rings (SSSR count). The summed E-state index contributed by atoms with van der Waals surface area (Å²) in [5.41, 5.74) is 1.27. The lowest BCUT2D eigenvalue weighted by Gasteiger charge is -2.00. The van der Waals surface area contributed by atoms with Crippen molar-refractivity contribution >= 4 is 29.1 Å². The highest BCUT2D eigenvalue weighted by Gasteiger charge is 2.08. The summed E-state index contributed by atoms with van der Waals surface area (Å²) < 4.78 is 4.69. The molecule has 2 nitrogen and oxygen atoms in total. The van der Waals surface area contributed by atoms with E-state index < -0.39 is 0 Å². The van der Waals surface area contributed by atoms with Gasteiger partial charge in [0.05, 0.1) is 7.11 Å². The van der Waals surface area contributed by atoms with Crippen LogP contribution in [-0.2, 0) is 10.5 Å². The second-order valence-electron chi connectivity index (χ2n) is 3.86. The van der Waals surface area contributed by atoms with Gasteiger partial charge in [0.2, 0.25) is 0 Å². The number of esters is 1. The lowest BCUT2D eigenvalue weighted by Crippen LogP contribution is -1.96. The van der Waals surface area contributed by atoms with Crippen LogP contribution in [0.2, 0.25) is 0 Å². The van der Waals surface area contributed by atoms with Crippen LogP contribution < -0.4 is 0 Å². The Labute approximate surface area is 115 Å². The van der Waals surface area contributed by atoms with E-state index in [1.54, 1.807) is 11.8 Å².